The molecule has 64 valence electrons. The summed E-state index contributed by atoms with van der Waals surface area (Å²) in [7, 11) is 0. The zero-order chi connectivity index (χ0) is 7.82. The molecule has 0 unspecified atom stereocenters. The maximum atomic E-state index is 8.58. The Morgan fingerprint density at radius 2 is 1.75 bits per heavy atom. The molecule has 12 heavy (non-hydrogen) atoms. The second-order valence-corrected chi connectivity index (χ2v) is 1.95. The van der Waals surface area contributed by atoms with Crippen LogP contribution in [0.2, 0.25) is 0 Å². The van der Waals surface area contributed by atoms with E-state index >= 15 is 0 Å². The fourth-order valence-electron chi connectivity index (χ4n) is 0.384. The Morgan fingerprint density at radius 1 is 1.25 bits per heavy atom. The van der Waals surface area contributed by atoms with E-state index in [4.69, 9.17) is 5.11 Å². The molecule has 1 rings (SSSR count). The molecule has 0 bridgehead atoms. The van der Waals surface area contributed by atoms with E-state index in [9.17, 15) is 0 Å². The van der Waals surface area contributed by atoms with Crippen molar-refractivity contribution in [3.8, 4) is 5.75 Å². The Morgan fingerprint density at radius 3 is 1.92 bits per heavy atom. The molecule has 1 nitrogen and oxygen atoms in total. The first-order chi connectivity index (χ1) is 4.81. The predicted octanol–water partition coefficient (Wildman–Crippen LogP) is 2.61. The first-order valence-corrected chi connectivity index (χ1v) is 3.47. The summed E-state index contributed by atoms with van der Waals surface area (Å²) < 4.78 is 0. The molecule has 1 aromatic carbocycles. The molecule has 0 aromatic heterocycles. The van der Waals surface area contributed by atoms with E-state index in [1.165, 1.54) is 6.42 Å². The third kappa shape index (κ3) is 13.7. The zero-order valence-electron chi connectivity index (χ0n) is 7.46. The van der Waals surface area contributed by atoms with Gasteiger partial charge in [-0.1, -0.05) is 20.3 Å². The Bertz CT molecular complexity index is 154. The van der Waals surface area contributed by atoms with Gasteiger partial charge in [-0.3, -0.25) is 0 Å². The van der Waals surface area contributed by atoms with Crippen molar-refractivity contribution in [2.24, 2.45) is 0 Å². The van der Waals surface area contributed by atoms with Crippen LogP contribution in [0, 0.1) is 68.3 Å². The number of para-hydroxylation sites is 1. The molecule has 0 radical (unpaired) electrons. The smallest absolute Gasteiger partial charge is 0.00397 e. The van der Waals surface area contributed by atoms with Crippen molar-refractivity contribution in [3.63, 3.8) is 0 Å². The third-order valence-electron chi connectivity index (χ3n) is 0.693. The van der Waals surface area contributed by atoms with Crippen molar-refractivity contribution >= 4 is 0 Å². The number of hydrogen-bond acceptors (Lipinski definition) is 1. The van der Waals surface area contributed by atoms with Crippen LogP contribution in [0.4, 0.5) is 0 Å². The number of phenolic OH excluding ortho intramolecular Hbond substituents is 1. The van der Waals surface area contributed by atoms with Gasteiger partial charge in [0.2, 0.25) is 0 Å². The standard InChI is InChI=1S/C6H5O.C3H8.2U/c7-6-4-2-1-3-5-6;1-3-2;;/h1-4,7H;3H2,1-2H3;;/q-1;;;. The second-order valence-electron chi connectivity index (χ2n) is 1.95. The number of rotatable bonds is 0. The van der Waals surface area contributed by atoms with E-state index in [1.54, 1.807) is 24.3 Å². The maximum Gasteiger partial charge on any atom is 0.00397 e. The van der Waals surface area contributed by atoms with Gasteiger partial charge in [-0.2, -0.15) is 18.2 Å². The summed E-state index contributed by atoms with van der Waals surface area (Å²) in [6, 6.07) is 9.39. The third-order valence-corrected chi connectivity index (χ3v) is 0.693. The molecule has 3 heteroatoms. The molecular weight excluding hydrogens is 600 g/mol. The number of hydrogen-bond donors (Lipinski definition) is 1. The molecule has 0 amide bonds. The Kier molecular flexibility index (Phi) is 23.0. The Labute approximate surface area is 122 Å². The summed E-state index contributed by atoms with van der Waals surface area (Å²) in [5, 5.41) is 8.58. The minimum atomic E-state index is 0. The van der Waals surface area contributed by atoms with Crippen LogP contribution in [0.15, 0.2) is 24.3 Å². The van der Waals surface area contributed by atoms with Crippen molar-refractivity contribution in [2.75, 3.05) is 0 Å². The zero-order valence-corrected chi connectivity index (χ0v) is 15.8. The fraction of sp³-hybridized carbons (Fsp3) is 0.333. The number of aromatic hydroxyl groups is 1. The van der Waals surface area contributed by atoms with Crippen molar-refractivity contribution < 1.29 is 67.3 Å². The second kappa shape index (κ2) is 14.6. The van der Waals surface area contributed by atoms with Crippen LogP contribution in [0.5, 0.6) is 5.75 Å². The van der Waals surface area contributed by atoms with Crippen LogP contribution in [0.25, 0.3) is 0 Å². The SMILES string of the molecule is CCC.Oc1[c-]cccc1.[U].[U]. The minimum Gasteiger partial charge on any atom is -0.534 e. The van der Waals surface area contributed by atoms with Crippen LogP contribution in [0.1, 0.15) is 20.3 Å². The molecule has 0 saturated heterocycles. The van der Waals surface area contributed by atoms with E-state index < -0.39 is 0 Å². The van der Waals surface area contributed by atoms with Crippen LogP contribution < -0.4 is 0 Å². The van der Waals surface area contributed by atoms with Gasteiger partial charge in [-0.25, -0.2) is 0 Å². The molecule has 1 N–H and O–H groups in total. The predicted molar refractivity (Wildman–Crippen MR) is 42.9 cm³/mol. The van der Waals surface area contributed by atoms with Crippen molar-refractivity contribution in [3.05, 3.63) is 30.3 Å². The quantitative estimate of drug-likeness (QED) is 0.447. The molecule has 1 aromatic rings. The first-order valence-electron chi connectivity index (χ1n) is 3.47. The molecular formula is C9H13OU2-. The van der Waals surface area contributed by atoms with E-state index in [2.05, 4.69) is 19.9 Å². The van der Waals surface area contributed by atoms with Gasteiger partial charge in [0, 0.05) is 68.0 Å². The van der Waals surface area contributed by atoms with E-state index in [0.29, 0.717) is 0 Å². The minimum absolute atomic E-state index is 0. The summed E-state index contributed by atoms with van der Waals surface area (Å²) in [5.74, 6) is 0.197. The van der Waals surface area contributed by atoms with Crippen molar-refractivity contribution in [1.29, 1.82) is 0 Å². The van der Waals surface area contributed by atoms with Gasteiger partial charge in [-0.15, -0.1) is 12.1 Å². The van der Waals surface area contributed by atoms with Crippen molar-refractivity contribution in [1.82, 2.24) is 0 Å². The van der Waals surface area contributed by atoms with Crippen LogP contribution in [-0.4, -0.2) is 5.11 Å². The molecule has 0 saturated carbocycles. The summed E-state index contributed by atoms with van der Waals surface area (Å²) in [4.78, 5) is 0. The molecule has 0 fully saturated rings. The summed E-state index contributed by atoms with van der Waals surface area (Å²) in [6.07, 6.45) is 1.25. The number of phenols is 1. The van der Waals surface area contributed by atoms with Crippen molar-refractivity contribution in [2.45, 2.75) is 20.3 Å². The first kappa shape index (κ1) is 18.8. The van der Waals surface area contributed by atoms with Gasteiger partial charge in [0.1, 0.15) is 0 Å². The fourth-order valence-corrected chi connectivity index (χ4v) is 0.384. The molecule has 0 heterocycles. The maximum absolute atomic E-state index is 8.58. The van der Waals surface area contributed by atoms with Gasteiger partial charge < -0.3 is 5.11 Å². The van der Waals surface area contributed by atoms with Gasteiger partial charge in [0.05, 0.1) is 0 Å². The average molecular weight is 613 g/mol. The molecule has 0 aliphatic heterocycles. The topological polar surface area (TPSA) is 20.2 Å². The van der Waals surface area contributed by atoms with E-state index in [0.717, 1.165) is 0 Å². The average Bonchev–Trinajstić information content (AvgIpc) is 1.91. The molecule has 0 aliphatic rings. The van der Waals surface area contributed by atoms with Gasteiger partial charge in [0.15, 0.2) is 0 Å². The normalized spacial score (nSPS) is 6.50. The van der Waals surface area contributed by atoms with Gasteiger partial charge in [-0.05, 0) is 0 Å². The van der Waals surface area contributed by atoms with Crippen LogP contribution >= 0.6 is 0 Å². The van der Waals surface area contributed by atoms with E-state index in [-0.39, 0.29) is 68.0 Å². The largest absolute Gasteiger partial charge is 0.534 e. The van der Waals surface area contributed by atoms with Gasteiger partial charge >= 0.3 is 0 Å². The summed E-state index contributed by atoms with van der Waals surface area (Å²) >= 11 is 0. The number of benzene rings is 1. The monoisotopic (exact) mass is 613 g/mol. The summed E-state index contributed by atoms with van der Waals surface area (Å²) in [5.41, 5.74) is 0. The Balaban J connectivity index is -0.000000146. The summed E-state index contributed by atoms with van der Waals surface area (Å²) in [6.45, 7) is 4.25. The van der Waals surface area contributed by atoms with Gasteiger partial charge in [0.25, 0.3) is 0 Å². The van der Waals surface area contributed by atoms with Crippen LogP contribution in [-0.2, 0) is 0 Å². The Hall–Kier alpha value is 1.12. The van der Waals surface area contributed by atoms with E-state index in [1.807, 2.05) is 0 Å². The molecule has 0 atom stereocenters. The molecule has 0 aliphatic carbocycles. The molecule has 0 spiro atoms. The van der Waals surface area contributed by atoms with Crippen LogP contribution in [0.3, 0.4) is 0 Å².